The quantitative estimate of drug-likeness (QED) is 0.547. The third-order valence-electron chi connectivity index (χ3n) is 7.54. The van der Waals surface area contributed by atoms with Gasteiger partial charge in [0.25, 0.3) is 11.5 Å². The lowest BCUT2D eigenvalue weighted by molar-refractivity contribution is 0.0658. The number of aromatic nitrogens is 3. The minimum absolute atomic E-state index is 0.00244. The molecule has 6 rings (SSSR count). The Balaban J connectivity index is 1.19. The lowest BCUT2D eigenvalue weighted by Crippen LogP contribution is -2.64. The van der Waals surface area contributed by atoms with Gasteiger partial charge in [0.1, 0.15) is 11.2 Å². The van der Waals surface area contributed by atoms with E-state index >= 15 is 0 Å². The van der Waals surface area contributed by atoms with Crippen LogP contribution in [0.2, 0.25) is 0 Å². The molecule has 1 aliphatic carbocycles. The Morgan fingerprint density at radius 3 is 2.82 bits per heavy atom. The van der Waals surface area contributed by atoms with E-state index in [4.69, 9.17) is 4.98 Å². The first-order chi connectivity index (χ1) is 16.6. The number of nitrogens with zero attached hydrogens (tertiary/aromatic N) is 4. The zero-order valence-corrected chi connectivity index (χ0v) is 19.3. The fourth-order valence-corrected chi connectivity index (χ4v) is 5.64. The first kappa shape index (κ1) is 21.1. The summed E-state index contributed by atoms with van der Waals surface area (Å²) in [5.41, 5.74) is 6.02. The molecule has 0 aromatic carbocycles. The van der Waals surface area contributed by atoms with Crippen LogP contribution in [0.25, 0.3) is 11.0 Å². The van der Waals surface area contributed by atoms with Crippen LogP contribution < -0.4 is 21.1 Å². The van der Waals surface area contributed by atoms with Gasteiger partial charge in [-0.2, -0.15) is 0 Å². The first-order valence-electron chi connectivity index (χ1n) is 12.1. The summed E-state index contributed by atoms with van der Waals surface area (Å²) in [7, 11) is 1.61. The molecule has 2 atom stereocenters. The van der Waals surface area contributed by atoms with Gasteiger partial charge in [-0.1, -0.05) is 0 Å². The zero-order valence-electron chi connectivity index (χ0n) is 19.3. The van der Waals surface area contributed by atoms with E-state index < -0.39 is 0 Å². The number of hydrogen-bond donors (Lipinski definition) is 3. The van der Waals surface area contributed by atoms with E-state index in [0.717, 1.165) is 79.0 Å². The molecule has 1 unspecified atom stereocenters. The van der Waals surface area contributed by atoms with Crippen LogP contribution in [0.15, 0.2) is 35.4 Å². The van der Waals surface area contributed by atoms with Crippen molar-refractivity contribution in [1.82, 2.24) is 25.2 Å². The Labute approximate surface area is 197 Å². The third-order valence-corrected chi connectivity index (χ3v) is 7.54. The molecule has 2 fully saturated rings. The Bertz CT molecular complexity index is 1300. The summed E-state index contributed by atoms with van der Waals surface area (Å²) in [6, 6.07) is 6.81. The molecule has 1 saturated heterocycles. The van der Waals surface area contributed by atoms with E-state index in [2.05, 4.69) is 36.5 Å². The molecule has 0 bridgehead atoms. The summed E-state index contributed by atoms with van der Waals surface area (Å²) >= 11 is 0. The zero-order chi connectivity index (χ0) is 23.2. The maximum atomic E-state index is 12.6. The summed E-state index contributed by atoms with van der Waals surface area (Å²) in [5, 5.41) is 5.99. The van der Waals surface area contributed by atoms with Crippen LogP contribution in [0.5, 0.6) is 0 Å². The molecule has 3 aliphatic rings. The number of piperazine rings is 1. The Morgan fingerprint density at radius 2 is 2.06 bits per heavy atom. The predicted molar refractivity (Wildman–Crippen MR) is 131 cm³/mol. The van der Waals surface area contributed by atoms with Gasteiger partial charge in [-0.3, -0.25) is 19.5 Å². The highest BCUT2D eigenvalue weighted by atomic mass is 16.1. The molecule has 2 aliphatic heterocycles. The van der Waals surface area contributed by atoms with Crippen molar-refractivity contribution in [3.05, 3.63) is 57.8 Å². The minimum atomic E-state index is -0.167. The van der Waals surface area contributed by atoms with Gasteiger partial charge >= 0.3 is 0 Å². The lowest BCUT2D eigenvalue weighted by atomic mass is 9.81. The van der Waals surface area contributed by atoms with Crippen molar-refractivity contribution < 1.29 is 4.79 Å². The number of hydrogen-bond acceptors (Lipinski definition) is 7. The Kier molecular flexibility index (Phi) is 5.21. The average Bonchev–Trinajstić information content (AvgIpc) is 2.84. The molecular formula is C25H29N7O2. The van der Waals surface area contributed by atoms with Gasteiger partial charge < -0.3 is 20.5 Å². The fraction of sp³-hybridized carbons (Fsp3) is 0.440. The van der Waals surface area contributed by atoms with Crippen molar-refractivity contribution in [1.29, 1.82) is 0 Å². The van der Waals surface area contributed by atoms with E-state index in [-0.39, 0.29) is 11.5 Å². The van der Waals surface area contributed by atoms with Gasteiger partial charge in [-0.25, -0.2) is 4.98 Å². The second-order valence-electron chi connectivity index (χ2n) is 9.43. The van der Waals surface area contributed by atoms with Gasteiger partial charge in [0.15, 0.2) is 0 Å². The van der Waals surface area contributed by atoms with Crippen LogP contribution in [0.1, 0.15) is 40.9 Å². The number of H-pyrrole nitrogens is 1. The average molecular weight is 460 g/mol. The van der Waals surface area contributed by atoms with Crippen molar-refractivity contribution in [3.8, 4) is 0 Å². The summed E-state index contributed by atoms with van der Waals surface area (Å²) < 4.78 is 0. The highest BCUT2D eigenvalue weighted by molar-refractivity contribution is 5.92. The summed E-state index contributed by atoms with van der Waals surface area (Å²) in [6.45, 7) is 3.56. The van der Waals surface area contributed by atoms with Crippen LogP contribution >= 0.6 is 0 Å². The molecule has 3 N–H and O–H groups in total. The number of rotatable bonds is 4. The predicted octanol–water partition coefficient (Wildman–Crippen LogP) is 1.89. The monoisotopic (exact) mass is 459 g/mol. The molecule has 176 valence electrons. The highest BCUT2D eigenvalue weighted by Gasteiger charge is 2.43. The van der Waals surface area contributed by atoms with Gasteiger partial charge in [0.05, 0.1) is 23.1 Å². The van der Waals surface area contributed by atoms with Gasteiger partial charge in [0.2, 0.25) is 0 Å². The van der Waals surface area contributed by atoms with E-state index in [1.54, 1.807) is 13.1 Å². The van der Waals surface area contributed by atoms with E-state index in [1.165, 1.54) is 6.42 Å². The first-order valence-corrected chi connectivity index (χ1v) is 12.1. The lowest BCUT2D eigenvalue weighted by Gasteiger charge is -2.54. The number of pyridine rings is 3. The number of amides is 1. The van der Waals surface area contributed by atoms with E-state index in [0.29, 0.717) is 17.8 Å². The standard InChI is InChI=1S/C25H29N7O2/c1-26-25(34)18-5-4-16(13-28-18)32-10-9-31(20-6-7-21(20)32)14-15-11-19-23(29-12-15)22-17(24(33)30-19)3-2-8-27-22/h4-5,11-13,20-21,27H,2-3,6-10,14H2,1H3,(H,26,34)(H,30,33)/t20?,21-/m1/s1. The summed E-state index contributed by atoms with van der Waals surface area (Å²) in [4.78, 5) is 41.5. The minimum Gasteiger partial charge on any atom is -0.383 e. The highest BCUT2D eigenvalue weighted by Crippen LogP contribution is 2.37. The van der Waals surface area contributed by atoms with Crippen molar-refractivity contribution in [3.63, 3.8) is 0 Å². The molecular weight excluding hydrogens is 430 g/mol. The Morgan fingerprint density at radius 1 is 1.18 bits per heavy atom. The number of aromatic amines is 1. The second-order valence-corrected chi connectivity index (χ2v) is 9.43. The molecule has 5 heterocycles. The van der Waals surface area contributed by atoms with Crippen molar-refractivity contribution in [2.24, 2.45) is 0 Å². The Hall–Kier alpha value is -3.46. The molecule has 3 aromatic rings. The molecule has 9 nitrogen and oxygen atoms in total. The summed E-state index contributed by atoms with van der Waals surface area (Å²) in [5.74, 6) is -0.167. The van der Waals surface area contributed by atoms with E-state index in [1.807, 2.05) is 18.5 Å². The number of fused-ring (bicyclic) bond motifs is 4. The maximum Gasteiger partial charge on any atom is 0.269 e. The van der Waals surface area contributed by atoms with E-state index in [9.17, 15) is 9.59 Å². The molecule has 0 spiro atoms. The molecule has 0 radical (unpaired) electrons. The SMILES string of the molecule is CNC(=O)c1ccc(N2CCN(Cc3cnc4c5c(c(=O)[nH]c4c3)CCCN5)C3CC[C@H]32)cn1. The maximum absolute atomic E-state index is 12.6. The number of carbonyl (C=O) groups is 1. The largest absolute Gasteiger partial charge is 0.383 e. The smallest absolute Gasteiger partial charge is 0.269 e. The number of anilines is 2. The normalized spacial score (nSPS) is 21.9. The fourth-order valence-electron chi connectivity index (χ4n) is 5.64. The van der Waals surface area contributed by atoms with Crippen LogP contribution in [0, 0.1) is 0 Å². The van der Waals surface area contributed by atoms with Crippen LogP contribution in [0.4, 0.5) is 11.4 Å². The molecule has 1 amide bonds. The van der Waals surface area contributed by atoms with Gasteiger partial charge in [-0.15, -0.1) is 0 Å². The van der Waals surface area contributed by atoms with Gasteiger partial charge in [-0.05, 0) is 49.4 Å². The van der Waals surface area contributed by atoms with Gasteiger partial charge in [0, 0.05) is 57.1 Å². The molecule has 34 heavy (non-hydrogen) atoms. The van der Waals surface area contributed by atoms with Crippen LogP contribution in [0.3, 0.4) is 0 Å². The molecule has 9 heteroatoms. The summed E-state index contributed by atoms with van der Waals surface area (Å²) in [6.07, 6.45) is 7.86. The van der Waals surface area contributed by atoms with Crippen molar-refractivity contribution in [2.45, 2.75) is 44.3 Å². The topological polar surface area (TPSA) is 106 Å². The second kappa shape index (κ2) is 8.39. The number of carbonyl (C=O) groups excluding carboxylic acids is 1. The van der Waals surface area contributed by atoms with Crippen LogP contribution in [-0.4, -0.2) is 64.5 Å². The molecule has 1 saturated carbocycles. The molecule has 3 aromatic heterocycles. The van der Waals surface area contributed by atoms with Crippen LogP contribution in [-0.2, 0) is 13.0 Å². The number of nitrogens with one attached hydrogen (secondary N) is 3. The third kappa shape index (κ3) is 3.51. The van der Waals surface area contributed by atoms with Crippen molar-refractivity contribution >= 4 is 28.3 Å². The van der Waals surface area contributed by atoms with Crippen molar-refractivity contribution in [2.75, 3.05) is 36.9 Å².